The van der Waals surface area contributed by atoms with Gasteiger partial charge >= 0.3 is 0 Å². The maximum absolute atomic E-state index is 11.8. The van der Waals surface area contributed by atoms with E-state index in [0.29, 0.717) is 19.8 Å². The predicted octanol–water partition coefficient (Wildman–Crippen LogP) is 1.72. The fourth-order valence-electron chi connectivity index (χ4n) is 2.00. The molecule has 0 unspecified atom stereocenters. The Morgan fingerprint density at radius 1 is 1.19 bits per heavy atom. The lowest BCUT2D eigenvalue weighted by atomic mass is 9.93. The largest absolute Gasteiger partial charge is 0.491 e. The normalized spacial score (nSPS) is 11.2. The number of carbonyl (C=O) groups excluding carboxylic acids is 1. The molecule has 118 valence electrons. The molecule has 21 heavy (non-hydrogen) atoms. The predicted molar refractivity (Wildman–Crippen MR) is 83.3 cm³/mol. The summed E-state index contributed by atoms with van der Waals surface area (Å²) < 4.78 is 10.8. The molecule has 1 rings (SSSR count). The van der Waals surface area contributed by atoms with Crippen LogP contribution in [0.15, 0.2) is 30.3 Å². The Labute approximate surface area is 126 Å². The average Bonchev–Trinajstić information content (AvgIpc) is 2.53. The first-order chi connectivity index (χ1) is 10.2. The molecule has 5 heteroatoms. The third-order valence-corrected chi connectivity index (χ3v) is 3.62. The van der Waals surface area contributed by atoms with Gasteiger partial charge in [0.1, 0.15) is 19.0 Å². The third-order valence-electron chi connectivity index (χ3n) is 3.62. The first kappa shape index (κ1) is 17.5. The van der Waals surface area contributed by atoms with Crippen molar-refractivity contribution in [2.24, 2.45) is 5.73 Å². The fourth-order valence-corrected chi connectivity index (χ4v) is 2.00. The lowest BCUT2D eigenvalue weighted by Gasteiger charge is -2.31. The van der Waals surface area contributed by atoms with E-state index >= 15 is 0 Å². The van der Waals surface area contributed by atoms with Gasteiger partial charge in [0, 0.05) is 6.54 Å². The number of hydrogen-bond acceptors (Lipinski definition) is 4. The highest BCUT2D eigenvalue weighted by Gasteiger charge is 2.25. The van der Waals surface area contributed by atoms with Crippen molar-refractivity contribution in [3.05, 3.63) is 30.3 Å². The van der Waals surface area contributed by atoms with E-state index in [1.54, 1.807) is 0 Å². The van der Waals surface area contributed by atoms with Gasteiger partial charge in [-0.1, -0.05) is 32.0 Å². The maximum Gasteiger partial charge on any atom is 0.246 e. The Morgan fingerprint density at radius 2 is 1.86 bits per heavy atom. The number of carbonyl (C=O) groups is 1. The van der Waals surface area contributed by atoms with E-state index in [1.165, 1.54) is 0 Å². The van der Waals surface area contributed by atoms with Crippen LogP contribution in [0.25, 0.3) is 0 Å². The van der Waals surface area contributed by atoms with Crippen molar-refractivity contribution in [3.63, 3.8) is 0 Å². The van der Waals surface area contributed by atoms with Crippen LogP contribution >= 0.6 is 0 Å². The summed E-state index contributed by atoms with van der Waals surface area (Å²) in [5.74, 6) is 0.661. The van der Waals surface area contributed by atoms with Crippen LogP contribution < -0.4 is 15.8 Å². The molecule has 0 saturated carbocycles. The van der Waals surface area contributed by atoms with Crippen molar-refractivity contribution in [2.75, 3.05) is 26.4 Å². The zero-order valence-corrected chi connectivity index (χ0v) is 12.9. The molecule has 0 bridgehead atoms. The van der Waals surface area contributed by atoms with Gasteiger partial charge in [-0.05, 0) is 25.0 Å². The maximum atomic E-state index is 11.8. The van der Waals surface area contributed by atoms with Crippen LogP contribution in [0.2, 0.25) is 0 Å². The molecule has 1 aromatic carbocycles. The average molecular weight is 294 g/mol. The van der Waals surface area contributed by atoms with Crippen molar-refractivity contribution < 1.29 is 14.3 Å². The summed E-state index contributed by atoms with van der Waals surface area (Å²) in [5, 5.41) is 2.96. The first-order valence-corrected chi connectivity index (χ1v) is 7.42. The van der Waals surface area contributed by atoms with E-state index in [9.17, 15) is 4.79 Å². The van der Waals surface area contributed by atoms with Crippen molar-refractivity contribution in [1.82, 2.24) is 5.32 Å². The highest BCUT2D eigenvalue weighted by atomic mass is 16.5. The van der Waals surface area contributed by atoms with Gasteiger partial charge < -0.3 is 20.5 Å². The lowest BCUT2D eigenvalue weighted by Crippen LogP contribution is -2.53. The van der Waals surface area contributed by atoms with Gasteiger partial charge in [-0.15, -0.1) is 0 Å². The van der Waals surface area contributed by atoms with Crippen LogP contribution in [0.3, 0.4) is 0 Å². The SMILES string of the molecule is CCC(CC)(CN)NC(=O)COCCOc1ccccc1. The van der Waals surface area contributed by atoms with Gasteiger partial charge in [0.05, 0.1) is 12.1 Å². The number of ether oxygens (including phenoxy) is 2. The van der Waals surface area contributed by atoms with E-state index < -0.39 is 0 Å². The summed E-state index contributed by atoms with van der Waals surface area (Å²) in [4.78, 5) is 11.8. The van der Waals surface area contributed by atoms with Gasteiger partial charge in [-0.25, -0.2) is 0 Å². The van der Waals surface area contributed by atoms with Crippen LogP contribution in [-0.4, -0.2) is 37.8 Å². The summed E-state index contributed by atoms with van der Waals surface area (Å²) in [6.07, 6.45) is 1.62. The van der Waals surface area contributed by atoms with Gasteiger partial charge in [0.2, 0.25) is 5.91 Å². The van der Waals surface area contributed by atoms with Crippen LogP contribution in [-0.2, 0) is 9.53 Å². The van der Waals surface area contributed by atoms with Gasteiger partial charge in [0.25, 0.3) is 0 Å². The van der Waals surface area contributed by atoms with Crippen molar-refractivity contribution in [2.45, 2.75) is 32.2 Å². The molecule has 0 saturated heterocycles. The molecule has 5 nitrogen and oxygen atoms in total. The van der Waals surface area contributed by atoms with E-state index in [2.05, 4.69) is 5.32 Å². The number of nitrogens with one attached hydrogen (secondary N) is 1. The van der Waals surface area contributed by atoms with E-state index in [4.69, 9.17) is 15.2 Å². The Kier molecular flexibility index (Phi) is 7.79. The first-order valence-electron chi connectivity index (χ1n) is 7.42. The van der Waals surface area contributed by atoms with Crippen LogP contribution in [0.5, 0.6) is 5.75 Å². The zero-order chi connectivity index (χ0) is 15.6. The van der Waals surface area contributed by atoms with Crippen LogP contribution in [0.4, 0.5) is 0 Å². The minimum absolute atomic E-state index is 0.0277. The summed E-state index contributed by atoms with van der Waals surface area (Å²) in [6, 6.07) is 9.51. The molecule has 1 amide bonds. The van der Waals surface area contributed by atoms with Crippen LogP contribution in [0, 0.1) is 0 Å². The molecule has 0 radical (unpaired) electrons. The molecular formula is C16H26N2O3. The molecular weight excluding hydrogens is 268 g/mol. The minimum Gasteiger partial charge on any atom is -0.491 e. The number of amides is 1. The number of benzene rings is 1. The molecule has 0 atom stereocenters. The van der Waals surface area contributed by atoms with Gasteiger partial charge in [-0.3, -0.25) is 4.79 Å². The second-order valence-electron chi connectivity index (χ2n) is 4.95. The second kappa shape index (κ2) is 9.37. The number of rotatable bonds is 10. The monoisotopic (exact) mass is 294 g/mol. The zero-order valence-electron chi connectivity index (χ0n) is 12.9. The molecule has 1 aromatic rings. The van der Waals surface area contributed by atoms with Crippen LogP contribution in [0.1, 0.15) is 26.7 Å². The molecule has 0 aromatic heterocycles. The highest BCUT2D eigenvalue weighted by Crippen LogP contribution is 2.12. The molecule has 3 N–H and O–H groups in total. The van der Waals surface area contributed by atoms with E-state index in [0.717, 1.165) is 18.6 Å². The van der Waals surface area contributed by atoms with Crippen molar-refractivity contribution >= 4 is 5.91 Å². The van der Waals surface area contributed by atoms with Crippen molar-refractivity contribution in [3.8, 4) is 5.75 Å². The minimum atomic E-state index is -0.318. The molecule has 0 aliphatic carbocycles. The quantitative estimate of drug-likeness (QED) is 0.644. The summed E-state index contributed by atoms with van der Waals surface area (Å²) in [6.45, 7) is 5.29. The number of para-hydroxylation sites is 1. The topological polar surface area (TPSA) is 73.6 Å². The molecule has 0 aliphatic rings. The number of hydrogen-bond donors (Lipinski definition) is 2. The molecule has 0 heterocycles. The van der Waals surface area contributed by atoms with E-state index in [1.807, 2.05) is 44.2 Å². The Balaban J connectivity index is 2.19. The summed E-state index contributed by atoms with van der Waals surface area (Å²) in [5.41, 5.74) is 5.42. The molecule has 0 aliphatic heterocycles. The Bertz CT molecular complexity index is 397. The highest BCUT2D eigenvalue weighted by molar-refractivity contribution is 5.78. The number of nitrogens with two attached hydrogens (primary N) is 1. The fraction of sp³-hybridized carbons (Fsp3) is 0.562. The van der Waals surface area contributed by atoms with Gasteiger partial charge in [-0.2, -0.15) is 0 Å². The van der Waals surface area contributed by atoms with Crippen molar-refractivity contribution in [1.29, 1.82) is 0 Å². The standard InChI is InChI=1S/C16H26N2O3/c1-3-16(4-2,13-17)18-15(19)12-20-10-11-21-14-8-6-5-7-9-14/h5-9H,3-4,10-13,17H2,1-2H3,(H,18,19). The Hall–Kier alpha value is -1.59. The lowest BCUT2D eigenvalue weighted by molar-refractivity contribution is -0.128. The third kappa shape index (κ3) is 6.14. The van der Waals surface area contributed by atoms with Gasteiger partial charge in [0.15, 0.2) is 0 Å². The Morgan fingerprint density at radius 3 is 2.43 bits per heavy atom. The smallest absolute Gasteiger partial charge is 0.246 e. The molecule has 0 spiro atoms. The van der Waals surface area contributed by atoms with E-state index in [-0.39, 0.29) is 18.1 Å². The summed E-state index contributed by atoms with van der Waals surface area (Å²) in [7, 11) is 0. The summed E-state index contributed by atoms with van der Waals surface area (Å²) >= 11 is 0. The molecule has 0 fully saturated rings. The second-order valence-corrected chi connectivity index (χ2v) is 4.95.